The fraction of sp³-hybridized carbons (Fsp3) is 0.100. The summed E-state index contributed by atoms with van der Waals surface area (Å²) in [5.41, 5.74) is 2.42. The zero-order chi connectivity index (χ0) is 19.9. The first-order chi connectivity index (χ1) is 13.4. The summed E-state index contributed by atoms with van der Waals surface area (Å²) >= 11 is 0. The quantitative estimate of drug-likeness (QED) is 0.268. The summed E-state index contributed by atoms with van der Waals surface area (Å²) in [4.78, 5) is 8.76. The summed E-state index contributed by atoms with van der Waals surface area (Å²) in [5, 5.41) is 0.932. The van der Waals surface area contributed by atoms with Gasteiger partial charge in [-0.05, 0) is 41.8 Å². The van der Waals surface area contributed by atoms with Crippen molar-refractivity contribution in [2.45, 2.75) is 4.90 Å². The zero-order valence-electron chi connectivity index (χ0n) is 16.0. The number of rotatable bonds is 4. The summed E-state index contributed by atoms with van der Waals surface area (Å²) in [6.07, 6.45) is 1.63. The Hall–Kier alpha value is -2.23. The molecule has 9 heteroatoms. The van der Waals surface area contributed by atoms with E-state index in [2.05, 4.69) is 9.97 Å². The second kappa shape index (κ2) is 8.25. The van der Waals surface area contributed by atoms with Gasteiger partial charge in [0.25, 0.3) is 0 Å². The third-order valence-corrected chi connectivity index (χ3v) is 5.35. The molecule has 0 bridgehead atoms. The molecule has 0 fully saturated rings. The molecule has 142 valence electrons. The Labute approximate surface area is 189 Å². The summed E-state index contributed by atoms with van der Waals surface area (Å²) in [6.45, 7) is 0. The van der Waals surface area contributed by atoms with Crippen molar-refractivity contribution in [2.75, 3.05) is 14.2 Å². The molecule has 0 N–H and O–H groups in total. The van der Waals surface area contributed by atoms with E-state index in [4.69, 9.17) is 9.47 Å². The van der Waals surface area contributed by atoms with E-state index in [0.29, 0.717) is 39.0 Å². The van der Waals surface area contributed by atoms with Gasteiger partial charge >= 0.3 is 29.6 Å². The van der Waals surface area contributed by atoms with Crippen LogP contribution in [0.25, 0.3) is 33.1 Å². The summed E-state index contributed by atoms with van der Waals surface area (Å²) < 4.78 is 45.3. The first kappa shape index (κ1) is 21.5. The van der Waals surface area contributed by atoms with Crippen LogP contribution >= 0.6 is 0 Å². The molecule has 0 radical (unpaired) electrons. The summed E-state index contributed by atoms with van der Waals surface area (Å²) in [5.74, 6) is 1.15. The number of hydrogen-bond acceptors (Lipinski definition) is 7. The van der Waals surface area contributed by atoms with Crippen LogP contribution in [-0.4, -0.2) is 37.2 Å². The SMILES string of the molecule is COc1ccc(-c2cnc3cc4cccc(S(=O)(=O)[O-])c4cc3n2)cc1OC.[Na+]. The molecule has 0 saturated carbocycles. The van der Waals surface area contributed by atoms with E-state index in [1.54, 1.807) is 50.7 Å². The number of ether oxygens (including phenoxy) is 2. The van der Waals surface area contributed by atoms with Crippen LogP contribution in [0.3, 0.4) is 0 Å². The third-order valence-electron chi connectivity index (χ3n) is 4.45. The molecule has 0 aliphatic heterocycles. The Morgan fingerprint density at radius 1 is 0.931 bits per heavy atom. The zero-order valence-corrected chi connectivity index (χ0v) is 18.9. The Morgan fingerprint density at radius 3 is 2.38 bits per heavy atom. The van der Waals surface area contributed by atoms with Crippen molar-refractivity contribution in [1.29, 1.82) is 0 Å². The molecule has 0 spiro atoms. The van der Waals surface area contributed by atoms with Crippen molar-refractivity contribution in [3.8, 4) is 22.8 Å². The molecule has 7 nitrogen and oxygen atoms in total. The summed E-state index contributed by atoms with van der Waals surface area (Å²) in [6, 6.07) is 13.2. The maximum atomic E-state index is 11.6. The topological polar surface area (TPSA) is 101 Å². The minimum Gasteiger partial charge on any atom is -0.744 e. The van der Waals surface area contributed by atoms with Gasteiger partial charge in [0.1, 0.15) is 10.1 Å². The monoisotopic (exact) mass is 418 g/mol. The van der Waals surface area contributed by atoms with Crippen LogP contribution in [0.1, 0.15) is 0 Å². The molecular formula is C20H15N2NaO5S. The number of benzene rings is 3. The second-order valence-electron chi connectivity index (χ2n) is 6.10. The predicted molar refractivity (Wildman–Crippen MR) is 104 cm³/mol. The van der Waals surface area contributed by atoms with Gasteiger partial charge in [-0.3, -0.25) is 4.98 Å². The molecule has 0 atom stereocenters. The van der Waals surface area contributed by atoms with Crippen molar-refractivity contribution in [2.24, 2.45) is 0 Å². The van der Waals surface area contributed by atoms with E-state index in [1.807, 2.05) is 6.07 Å². The Morgan fingerprint density at radius 2 is 1.69 bits per heavy atom. The van der Waals surface area contributed by atoms with Crippen LogP contribution in [0.15, 0.2) is 59.6 Å². The molecule has 1 aromatic heterocycles. The van der Waals surface area contributed by atoms with E-state index >= 15 is 0 Å². The first-order valence-corrected chi connectivity index (χ1v) is 9.69. The van der Waals surface area contributed by atoms with Crippen LogP contribution in [0.2, 0.25) is 0 Å². The van der Waals surface area contributed by atoms with Crippen molar-refractivity contribution in [1.82, 2.24) is 9.97 Å². The van der Waals surface area contributed by atoms with E-state index in [0.717, 1.165) is 5.56 Å². The molecular weight excluding hydrogens is 403 g/mol. The molecule has 4 rings (SSSR count). The minimum absolute atomic E-state index is 0. The van der Waals surface area contributed by atoms with Crippen LogP contribution < -0.4 is 39.0 Å². The predicted octanol–water partition coefficient (Wildman–Crippen LogP) is 0.375. The van der Waals surface area contributed by atoms with Crippen LogP contribution in [0, 0.1) is 0 Å². The van der Waals surface area contributed by atoms with Crippen LogP contribution in [-0.2, 0) is 10.1 Å². The molecule has 0 amide bonds. The molecule has 0 unspecified atom stereocenters. The van der Waals surface area contributed by atoms with Gasteiger partial charge in [0.05, 0.1) is 42.0 Å². The number of nitrogens with zero attached hydrogens (tertiary/aromatic N) is 2. The van der Waals surface area contributed by atoms with Crippen molar-refractivity contribution in [3.05, 3.63) is 54.7 Å². The summed E-state index contributed by atoms with van der Waals surface area (Å²) in [7, 11) is -1.50. The number of aromatic nitrogens is 2. The van der Waals surface area contributed by atoms with E-state index < -0.39 is 10.1 Å². The van der Waals surface area contributed by atoms with Crippen molar-refractivity contribution < 1.29 is 52.0 Å². The van der Waals surface area contributed by atoms with E-state index in [-0.39, 0.29) is 34.5 Å². The van der Waals surface area contributed by atoms with Gasteiger partial charge in [0, 0.05) is 10.9 Å². The Bertz CT molecular complexity index is 1330. The van der Waals surface area contributed by atoms with Gasteiger partial charge in [0.2, 0.25) is 0 Å². The maximum absolute atomic E-state index is 11.6. The standard InChI is InChI=1S/C20H16N2O5S.Na/c1-26-18-7-6-13(9-19(18)27-2)17-11-21-15-8-12-4-3-5-20(28(23,24)25)14(12)10-16(15)22-17;/h3-11H,1-2H3,(H,23,24,25);/q;+1/p-1. The van der Waals surface area contributed by atoms with Gasteiger partial charge in [-0.25, -0.2) is 13.4 Å². The second-order valence-corrected chi connectivity index (χ2v) is 7.45. The van der Waals surface area contributed by atoms with Gasteiger partial charge < -0.3 is 14.0 Å². The largest absolute Gasteiger partial charge is 1.00 e. The molecule has 4 aromatic rings. The van der Waals surface area contributed by atoms with Crippen molar-refractivity contribution in [3.63, 3.8) is 0 Å². The van der Waals surface area contributed by atoms with Crippen molar-refractivity contribution >= 4 is 31.9 Å². The number of methoxy groups -OCH3 is 2. The molecule has 29 heavy (non-hydrogen) atoms. The fourth-order valence-corrected chi connectivity index (χ4v) is 3.80. The normalized spacial score (nSPS) is 11.3. The van der Waals surface area contributed by atoms with Gasteiger partial charge in [-0.2, -0.15) is 0 Å². The van der Waals surface area contributed by atoms with E-state index in [1.165, 1.54) is 12.1 Å². The molecule has 0 aliphatic carbocycles. The Balaban J connectivity index is 0.00000240. The molecule has 1 heterocycles. The average Bonchev–Trinajstić information content (AvgIpc) is 2.70. The van der Waals surface area contributed by atoms with E-state index in [9.17, 15) is 13.0 Å². The number of fused-ring (bicyclic) bond motifs is 2. The molecule has 0 saturated heterocycles. The Kier molecular flexibility index (Phi) is 6.11. The molecule has 0 aliphatic rings. The first-order valence-electron chi connectivity index (χ1n) is 8.28. The minimum atomic E-state index is -4.61. The third kappa shape index (κ3) is 4.08. The van der Waals surface area contributed by atoms with Gasteiger partial charge in [-0.15, -0.1) is 0 Å². The van der Waals surface area contributed by atoms with Gasteiger partial charge in [-0.1, -0.05) is 12.1 Å². The van der Waals surface area contributed by atoms with Crippen LogP contribution in [0.5, 0.6) is 11.5 Å². The van der Waals surface area contributed by atoms with Crippen LogP contribution in [0.4, 0.5) is 0 Å². The number of hydrogen-bond donors (Lipinski definition) is 0. The average molecular weight is 418 g/mol. The smallest absolute Gasteiger partial charge is 0.744 e. The fourth-order valence-electron chi connectivity index (χ4n) is 3.11. The maximum Gasteiger partial charge on any atom is 1.00 e. The molecule has 3 aromatic carbocycles. The van der Waals surface area contributed by atoms with Gasteiger partial charge in [0.15, 0.2) is 11.5 Å².